The van der Waals surface area contributed by atoms with Gasteiger partial charge in [0.1, 0.15) is 10.5 Å². The number of carbonyl (C=O) groups excluding carboxylic acids is 1. The zero-order chi connectivity index (χ0) is 25.5. The van der Waals surface area contributed by atoms with Crippen LogP contribution >= 0.6 is 11.3 Å². The second kappa shape index (κ2) is 9.33. The van der Waals surface area contributed by atoms with Crippen molar-refractivity contribution in [3.05, 3.63) is 40.5 Å². The Labute approximate surface area is 206 Å². The van der Waals surface area contributed by atoms with Gasteiger partial charge < -0.3 is 20.2 Å². The summed E-state index contributed by atoms with van der Waals surface area (Å²) in [5, 5.41) is 13.4. The van der Waals surface area contributed by atoms with Gasteiger partial charge in [0.25, 0.3) is 5.91 Å². The fraction of sp³-hybridized carbons (Fsp3) is 0.478. The molecule has 1 saturated heterocycles. The summed E-state index contributed by atoms with van der Waals surface area (Å²) >= 11 is 1.35. The van der Waals surface area contributed by atoms with Crippen LogP contribution in [0.4, 0.5) is 15.1 Å². The number of thiazole rings is 1. The van der Waals surface area contributed by atoms with Gasteiger partial charge in [-0.2, -0.15) is 4.98 Å². The van der Waals surface area contributed by atoms with E-state index in [0.29, 0.717) is 35.5 Å². The fourth-order valence-electron chi connectivity index (χ4n) is 3.98. The molecule has 0 spiro atoms. The largest absolute Gasteiger partial charge is 0.465 e. The van der Waals surface area contributed by atoms with Gasteiger partial charge in [0.2, 0.25) is 5.95 Å². The van der Waals surface area contributed by atoms with Gasteiger partial charge in [-0.1, -0.05) is 0 Å². The van der Waals surface area contributed by atoms with Crippen molar-refractivity contribution in [2.24, 2.45) is 5.92 Å². The van der Waals surface area contributed by atoms with E-state index in [1.54, 1.807) is 11.1 Å². The molecule has 0 radical (unpaired) electrons. The number of nitrogens with zero attached hydrogens (tertiary/aromatic N) is 6. The molecule has 1 aliphatic rings. The molecule has 12 heteroatoms. The van der Waals surface area contributed by atoms with Crippen molar-refractivity contribution in [3.8, 4) is 0 Å². The van der Waals surface area contributed by atoms with Crippen LogP contribution in [0.3, 0.4) is 0 Å². The Hall–Kier alpha value is -3.41. The Bertz CT molecular complexity index is 1270. The quantitative estimate of drug-likeness (QED) is 0.520. The zero-order valence-electron chi connectivity index (χ0n) is 20.2. The van der Waals surface area contributed by atoms with E-state index in [-0.39, 0.29) is 29.5 Å². The van der Waals surface area contributed by atoms with Crippen LogP contribution in [-0.4, -0.2) is 72.0 Å². The van der Waals surface area contributed by atoms with Crippen LogP contribution in [0.25, 0.3) is 10.3 Å². The summed E-state index contributed by atoms with van der Waals surface area (Å²) < 4.78 is 14.2. The van der Waals surface area contributed by atoms with Gasteiger partial charge in [0.05, 0.1) is 17.2 Å². The molecule has 0 saturated carbocycles. The highest BCUT2D eigenvalue weighted by atomic mass is 32.1. The number of anilines is 1. The van der Waals surface area contributed by atoms with E-state index in [4.69, 9.17) is 0 Å². The van der Waals surface area contributed by atoms with Crippen molar-refractivity contribution in [1.29, 1.82) is 0 Å². The Kier molecular flexibility index (Phi) is 6.58. The number of carboxylic acid groups (broad SMARTS) is 1. The molecule has 35 heavy (non-hydrogen) atoms. The highest BCUT2D eigenvalue weighted by Gasteiger charge is 2.37. The molecule has 0 aromatic carbocycles. The third-order valence-corrected chi connectivity index (χ3v) is 6.83. The molecule has 186 valence electrons. The molecule has 1 fully saturated rings. The first kappa shape index (κ1) is 24.7. The molecule has 2 amide bonds. The van der Waals surface area contributed by atoms with Gasteiger partial charge in [-0.15, -0.1) is 11.3 Å². The van der Waals surface area contributed by atoms with Crippen LogP contribution < -0.4 is 5.32 Å². The van der Waals surface area contributed by atoms with Gasteiger partial charge >= 0.3 is 6.09 Å². The van der Waals surface area contributed by atoms with E-state index >= 15 is 0 Å². The molecular weight excluding hydrogens is 473 g/mol. The lowest BCUT2D eigenvalue weighted by molar-refractivity contribution is 0.0299. The molecule has 4 heterocycles. The van der Waals surface area contributed by atoms with Crippen LogP contribution in [0.15, 0.2) is 18.5 Å². The van der Waals surface area contributed by atoms with E-state index in [9.17, 15) is 19.1 Å². The summed E-state index contributed by atoms with van der Waals surface area (Å²) in [5.41, 5.74) is 0.754. The molecule has 1 atom stereocenters. The van der Waals surface area contributed by atoms with Crippen LogP contribution in [0.1, 0.15) is 54.8 Å². The van der Waals surface area contributed by atoms with E-state index in [1.807, 2.05) is 34.6 Å². The van der Waals surface area contributed by atoms with E-state index in [0.717, 1.165) is 11.2 Å². The minimum Gasteiger partial charge on any atom is -0.465 e. The summed E-state index contributed by atoms with van der Waals surface area (Å²) in [6.45, 7) is 10.4. The molecule has 3 aromatic rings. The molecule has 2 N–H and O–H groups in total. The average Bonchev–Trinajstić information content (AvgIpc) is 3.10. The number of fused-ring (bicyclic) bond motifs is 1. The third kappa shape index (κ3) is 5.31. The molecular formula is C23H28FN7O3S. The number of nitrogens with one attached hydrogen (secondary N) is 1. The monoisotopic (exact) mass is 501 g/mol. The predicted molar refractivity (Wildman–Crippen MR) is 130 cm³/mol. The van der Waals surface area contributed by atoms with Crippen LogP contribution in [0.5, 0.6) is 0 Å². The van der Waals surface area contributed by atoms with Crippen LogP contribution in [-0.2, 0) is 0 Å². The molecule has 1 aliphatic heterocycles. The topological polar surface area (TPSA) is 124 Å². The predicted octanol–water partition coefficient (Wildman–Crippen LogP) is 3.95. The molecule has 3 aromatic heterocycles. The number of halogens is 1. The zero-order valence-corrected chi connectivity index (χ0v) is 21.1. The van der Waals surface area contributed by atoms with Crippen molar-refractivity contribution in [1.82, 2.24) is 29.7 Å². The van der Waals surface area contributed by atoms with Gasteiger partial charge in [-0.3, -0.25) is 9.78 Å². The number of likely N-dealkylation sites (tertiary alicyclic amines) is 1. The lowest BCUT2D eigenvalue weighted by atomic mass is 9.96. The minimum atomic E-state index is -0.974. The van der Waals surface area contributed by atoms with Gasteiger partial charge in [0, 0.05) is 37.3 Å². The summed E-state index contributed by atoms with van der Waals surface area (Å²) in [6.07, 6.45) is 1.71. The van der Waals surface area contributed by atoms with Crippen LogP contribution in [0, 0.1) is 18.7 Å². The summed E-state index contributed by atoms with van der Waals surface area (Å²) in [4.78, 5) is 45.3. The first-order valence-corrected chi connectivity index (χ1v) is 12.1. The second-order valence-electron chi connectivity index (χ2n) is 9.72. The number of rotatable bonds is 6. The third-order valence-electron chi connectivity index (χ3n) is 5.86. The van der Waals surface area contributed by atoms with Crippen molar-refractivity contribution < 1.29 is 19.1 Å². The van der Waals surface area contributed by atoms with Crippen molar-refractivity contribution in [2.75, 3.05) is 25.0 Å². The first-order valence-electron chi connectivity index (χ1n) is 11.2. The number of aryl methyl sites for hydroxylation is 1. The maximum Gasteiger partial charge on any atom is 0.407 e. The molecule has 10 nitrogen and oxygen atoms in total. The summed E-state index contributed by atoms with van der Waals surface area (Å²) in [6, 6.07) is 1.02. The summed E-state index contributed by atoms with van der Waals surface area (Å²) in [5.74, 6) is -0.436. The fourth-order valence-corrected chi connectivity index (χ4v) is 4.82. The lowest BCUT2D eigenvalue weighted by Crippen LogP contribution is -2.57. The minimum absolute atomic E-state index is 0.0490. The maximum absolute atomic E-state index is 13.6. The normalized spacial score (nSPS) is 15.1. The average molecular weight is 502 g/mol. The molecule has 4 rings (SSSR count). The number of carbonyl (C=O) groups is 2. The van der Waals surface area contributed by atoms with E-state index < -0.39 is 17.4 Å². The maximum atomic E-state index is 13.6. The Morgan fingerprint density at radius 2 is 2.00 bits per heavy atom. The molecule has 0 unspecified atom stereocenters. The molecule has 0 aliphatic carbocycles. The highest BCUT2D eigenvalue weighted by molar-refractivity contribution is 7.18. The first-order chi connectivity index (χ1) is 16.4. The number of pyridine rings is 1. The molecule has 0 bridgehead atoms. The number of amides is 2. The van der Waals surface area contributed by atoms with Gasteiger partial charge in [-0.25, -0.2) is 19.2 Å². The second-order valence-corrected chi connectivity index (χ2v) is 10.9. The SMILES string of the molecule is Cc1nc2nc(N[C@@H](C)c3cncc(F)c3)nc(C(=O)N3CC(CN(C(=O)O)C(C)(C)C)C3)c2s1. The van der Waals surface area contributed by atoms with Gasteiger partial charge in [-0.05, 0) is 46.2 Å². The highest BCUT2D eigenvalue weighted by Crippen LogP contribution is 2.29. The van der Waals surface area contributed by atoms with E-state index in [1.165, 1.54) is 22.3 Å². The van der Waals surface area contributed by atoms with Crippen LogP contribution in [0.2, 0.25) is 0 Å². The van der Waals surface area contributed by atoms with Crippen molar-refractivity contribution in [2.45, 2.75) is 46.2 Å². The summed E-state index contributed by atoms with van der Waals surface area (Å²) in [7, 11) is 0. The Morgan fingerprint density at radius 3 is 2.63 bits per heavy atom. The van der Waals surface area contributed by atoms with E-state index in [2.05, 4.69) is 25.3 Å². The smallest absolute Gasteiger partial charge is 0.407 e. The number of hydrogen-bond donors (Lipinski definition) is 2. The standard InChI is InChI=1S/C23H28FN7O3S/c1-12(15-6-16(24)8-25-7-15)26-21-28-17(18-19(29-21)27-13(2)35-18)20(32)30-9-14(10-30)11-31(22(33)34)23(3,4)5/h6-8,12,14H,9-11H2,1-5H3,(H,33,34)(H,26,28,29)/t12-/m0/s1. The van der Waals surface area contributed by atoms with Crippen molar-refractivity contribution in [3.63, 3.8) is 0 Å². The van der Waals surface area contributed by atoms with Crippen molar-refractivity contribution >= 4 is 39.6 Å². The van der Waals surface area contributed by atoms with Gasteiger partial charge in [0.15, 0.2) is 11.3 Å². The Balaban J connectivity index is 1.53. The lowest BCUT2D eigenvalue weighted by Gasteiger charge is -2.43. The Morgan fingerprint density at radius 1 is 1.29 bits per heavy atom. The number of aromatic nitrogens is 4. The number of hydrogen-bond acceptors (Lipinski definition) is 8.